The molecule has 0 amide bonds. The maximum Gasteiger partial charge on any atom is 0.335 e. The third kappa shape index (κ3) is 3.68. The molecule has 4 rings (SSSR count). The summed E-state index contributed by atoms with van der Waals surface area (Å²) in [5.41, 5.74) is 1.19. The van der Waals surface area contributed by atoms with Gasteiger partial charge in [-0.25, -0.2) is 14.8 Å². The number of hydrogen-bond donors (Lipinski definition) is 2. The predicted molar refractivity (Wildman–Crippen MR) is 102 cm³/mol. The van der Waals surface area contributed by atoms with Gasteiger partial charge in [0.15, 0.2) is 5.82 Å². The van der Waals surface area contributed by atoms with E-state index in [1.54, 1.807) is 18.6 Å². The average Bonchev–Trinajstić information content (AvgIpc) is 3.39. The van der Waals surface area contributed by atoms with E-state index in [0.717, 1.165) is 18.7 Å². The predicted octanol–water partition coefficient (Wildman–Crippen LogP) is 3.12. The summed E-state index contributed by atoms with van der Waals surface area (Å²) in [6, 6.07) is 4.96. The maximum atomic E-state index is 11.2. The lowest BCUT2D eigenvalue weighted by atomic mass is 10.2. The first-order valence-corrected chi connectivity index (χ1v) is 9.30. The van der Waals surface area contributed by atoms with Gasteiger partial charge in [0.05, 0.1) is 23.0 Å². The molecule has 2 N–H and O–H groups in total. The van der Waals surface area contributed by atoms with E-state index in [4.69, 9.17) is 5.11 Å². The summed E-state index contributed by atoms with van der Waals surface area (Å²) in [5.74, 6) is 0.274. The molecule has 3 aromatic rings. The number of aromatic nitrogens is 6. The number of aromatic carboxylic acids is 1. The van der Waals surface area contributed by atoms with Gasteiger partial charge in [0.1, 0.15) is 6.33 Å². The second kappa shape index (κ2) is 7.71. The Morgan fingerprint density at radius 1 is 1.21 bits per heavy atom. The van der Waals surface area contributed by atoms with Gasteiger partial charge >= 0.3 is 5.97 Å². The van der Waals surface area contributed by atoms with Gasteiger partial charge in [-0.15, -0.1) is 10.2 Å². The van der Waals surface area contributed by atoms with Crippen molar-refractivity contribution >= 4 is 11.9 Å². The summed E-state index contributed by atoms with van der Waals surface area (Å²) in [7, 11) is 0. The highest BCUT2D eigenvalue weighted by Gasteiger charge is 2.23. The molecule has 0 spiro atoms. The Morgan fingerprint density at radius 3 is 2.79 bits per heavy atom. The van der Waals surface area contributed by atoms with Crippen LogP contribution in [0.25, 0.3) is 11.4 Å². The first-order valence-electron chi connectivity index (χ1n) is 9.30. The normalized spacial score (nSPS) is 15.5. The Kier molecular flexibility index (Phi) is 4.96. The molecule has 0 aliphatic heterocycles. The first-order chi connectivity index (χ1) is 13.6. The highest BCUT2D eigenvalue weighted by Crippen LogP contribution is 2.31. The highest BCUT2D eigenvalue weighted by molar-refractivity contribution is 5.88. The molecule has 1 atom stereocenters. The zero-order chi connectivity index (χ0) is 19.5. The maximum absolute atomic E-state index is 11.2. The quantitative estimate of drug-likeness (QED) is 0.670. The van der Waals surface area contributed by atoms with Crippen molar-refractivity contribution < 1.29 is 9.90 Å². The fourth-order valence-electron chi connectivity index (χ4n) is 3.56. The molecule has 144 valence electrons. The minimum absolute atomic E-state index is 0.128. The van der Waals surface area contributed by atoms with Crippen molar-refractivity contribution in [3.63, 3.8) is 0 Å². The molecule has 3 heterocycles. The van der Waals surface area contributed by atoms with Crippen LogP contribution >= 0.6 is 0 Å². The average molecular weight is 379 g/mol. The van der Waals surface area contributed by atoms with Crippen LogP contribution in [0.1, 0.15) is 60.9 Å². The minimum Gasteiger partial charge on any atom is -0.478 e. The van der Waals surface area contributed by atoms with Gasteiger partial charge in [-0.1, -0.05) is 12.8 Å². The van der Waals surface area contributed by atoms with Gasteiger partial charge in [0, 0.05) is 18.4 Å². The summed E-state index contributed by atoms with van der Waals surface area (Å²) >= 11 is 0. The summed E-state index contributed by atoms with van der Waals surface area (Å²) in [4.78, 5) is 24.2. The summed E-state index contributed by atoms with van der Waals surface area (Å²) in [6.45, 7) is 1.99. The van der Waals surface area contributed by atoms with E-state index < -0.39 is 5.97 Å². The van der Waals surface area contributed by atoms with E-state index in [9.17, 15) is 4.79 Å². The molecule has 28 heavy (non-hydrogen) atoms. The number of carboxylic acids is 1. The van der Waals surface area contributed by atoms with E-state index >= 15 is 0 Å². The fourth-order valence-corrected chi connectivity index (χ4v) is 3.56. The molecule has 9 nitrogen and oxygen atoms in total. The van der Waals surface area contributed by atoms with E-state index in [1.165, 1.54) is 31.2 Å². The topological polar surface area (TPSA) is 119 Å². The molecule has 0 bridgehead atoms. The molecule has 1 unspecified atom stereocenters. The largest absolute Gasteiger partial charge is 0.478 e. The van der Waals surface area contributed by atoms with Crippen LogP contribution in [0.4, 0.5) is 5.95 Å². The first kappa shape index (κ1) is 18.0. The van der Waals surface area contributed by atoms with E-state index in [1.807, 2.05) is 6.92 Å². The Balaban J connectivity index is 1.55. The number of pyridine rings is 1. The number of rotatable bonds is 6. The van der Waals surface area contributed by atoms with Crippen molar-refractivity contribution in [3.05, 3.63) is 48.3 Å². The minimum atomic E-state index is -1.00. The molecule has 1 fully saturated rings. The van der Waals surface area contributed by atoms with Gasteiger partial charge in [-0.05, 0) is 38.0 Å². The van der Waals surface area contributed by atoms with Gasteiger partial charge < -0.3 is 15.0 Å². The summed E-state index contributed by atoms with van der Waals surface area (Å²) in [5, 5.41) is 20.8. The molecule has 0 aromatic carbocycles. The fraction of sp³-hybridized carbons (Fsp3) is 0.368. The van der Waals surface area contributed by atoms with Crippen LogP contribution in [0.3, 0.4) is 0 Å². The second-order valence-corrected chi connectivity index (χ2v) is 6.90. The van der Waals surface area contributed by atoms with E-state index in [2.05, 4.69) is 35.0 Å². The zero-order valence-corrected chi connectivity index (χ0v) is 15.5. The number of carboxylic acid groups (broad SMARTS) is 1. The Hall–Kier alpha value is -3.36. The van der Waals surface area contributed by atoms with Crippen LogP contribution < -0.4 is 5.32 Å². The van der Waals surface area contributed by atoms with Gasteiger partial charge in [-0.2, -0.15) is 0 Å². The Bertz CT molecular complexity index is 982. The SMILES string of the molecule is CC(Nc1nccc(-c2cc(C(=O)O)ccn2)n1)c1nncn1C1CCCC1. The molecule has 0 radical (unpaired) electrons. The molecule has 1 aliphatic rings. The third-order valence-corrected chi connectivity index (χ3v) is 4.98. The molecular weight excluding hydrogens is 358 g/mol. The standard InChI is InChI=1S/C19H21N7O2/c1-12(17-25-22-11-26(17)14-4-2-3-5-14)23-19-21-9-7-15(24-19)16-10-13(18(27)28)6-8-20-16/h6-12,14H,2-5H2,1H3,(H,27,28)(H,21,23,24). The smallest absolute Gasteiger partial charge is 0.335 e. The number of nitrogens with one attached hydrogen (secondary N) is 1. The van der Waals surface area contributed by atoms with Crippen LogP contribution in [-0.2, 0) is 0 Å². The monoisotopic (exact) mass is 379 g/mol. The van der Waals surface area contributed by atoms with Gasteiger partial charge in [0.25, 0.3) is 0 Å². The van der Waals surface area contributed by atoms with Crippen molar-refractivity contribution in [2.45, 2.75) is 44.7 Å². The zero-order valence-electron chi connectivity index (χ0n) is 15.5. The molecule has 9 heteroatoms. The lowest BCUT2D eigenvalue weighted by Gasteiger charge is -2.18. The van der Waals surface area contributed by atoms with Crippen LogP contribution in [0.5, 0.6) is 0 Å². The van der Waals surface area contributed by atoms with Crippen LogP contribution in [0, 0.1) is 0 Å². The Morgan fingerprint density at radius 2 is 2.00 bits per heavy atom. The van der Waals surface area contributed by atoms with Crippen molar-refractivity contribution in [1.82, 2.24) is 29.7 Å². The van der Waals surface area contributed by atoms with Crippen LogP contribution in [0.15, 0.2) is 36.9 Å². The van der Waals surface area contributed by atoms with Crippen molar-refractivity contribution in [1.29, 1.82) is 0 Å². The van der Waals surface area contributed by atoms with Crippen molar-refractivity contribution in [2.24, 2.45) is 0 Å². The number of carbonyl (C=O) groups is 1. The highest BCUT2D eigenvalue weighted by atomic mass is 16.4. The van der Waals surface area contributed by atoms with Gasteiger partial charge in [-0.3, -0.25) is 4.98 Å². The van der Waals surface area contributed by atoms with E-state index in [0.29, 0.717) is 23.4 Å². The lowest BCUT2D eigenvalue weighted by molar-refractivity contribution is 0.0697. The molecule has 3 aromatic heterocycles. The molecule has 1 saturated carbocycles. The number of nitrogens with zero attached hydrogens (tertiary/aromatic N) is 6. The summed E-state index contributed by atoms with van der Waals surface area (Å²) in [6.07, 6.45) is 9.64. The van der Waals surface area contributed by atoms with E-state index in [-0.39, 0.29) is 11.6 Å². The second-order valence-electron chi connectivity index (χ2n) is 6.90. The molecular formula is C19H21N7O2. The number of anilines is 1. The summed E-state index contributed by atoms with van der Waals surface area (Å²) < 4.78 is 2.15. The number of hydrogen-bond acceptors (Lipinski definition) is 7. The van der Waals surface area contributed by atoms with Crippen molar-refractivity contribution in [3.8, 4) is 11.4 Å². The molecule has 0 saturated heterocycles. The van der Waals surface area contributed by atoms with Gasteiger partial charge in [0.2, 0.25) is 5.95 Å². The Labute approximate surface area is 161 Å². The van der Waals surface area contributed by atoms with Crippen LogP contribution in [-0.4, -0.2) is 40.8 Å². The lowest BCUT2D eigenvalue weighted by Crippen LogP contribution is -2.17. The molecule has 1 aliphatic carbocycles. The third-order valence-electron chi connectivity index (χ3n) is 4.98. The van der Waals surface area contributed by atoms with Crippen LogP contribution in [0.2, 0.25) is 0 Å². The van der Waals surface area contributed by atoms with Crippen molar-refractivity contribution in [2.75, 3.05) is 5.32 Å².